The second-order valence-corrected chi connectivity index (χ2v) is 3.53. The molecule has 0 aliphatic rings. The van der Waals surface area contributed by atoms with E-state index in [0.717, 1.165) is 22.2 Å². The predicted molar refractivity (Wildman–Crippen MR) is 60.6 cm³/mol. The second kappa shape index (κ2) is 3.24. The number of aromatic amines is 2. The average Bonchev–Trinajstić information content (AvgIpc) is 2.94. The monoisotopic (exact) mass is 208 g/mol. The lowest BCUT2D eigenvalue weighted by Crippen LogP contribution is -1.74. The number of para-hydroxylation sites is 1. The lowest BCUT2D eigenvalue weighted by atomic mass is 10.1. The smallest absolute Gasteiger partial charge is 0.162 e. The SMILES string of the molecule is N#Cc1cc(-c2c[nH]c3ccccc23)[nH]n1. The normalized spacial score (nSPS) is 10.4. The van der Waals surface area contributed by atoms with E-state index in [1.54, 1.807) is 6.07 Å². The summed E-state index contributed by atoms with van der Waals surface area (Å²) in [7, 11) is 0. The summed E-state index contributed by atoms with van der Waals surface area (Å²) in [6, 6.07) is 11.8. The third-order valence-corrected chi connectivity index (χ3v) is 2.57. The van der Waals surface area contributed by atoms with E-state index in [4.69, 9.17) is 5.26 Å². The van der Waals surface area contributed by atoms with Crippen LogP contribution in [0, 0.1) is 11.3 Å². The molecule has 0 radical (unpaired) electrons. The summed E-state index contributed by atoms with van der Waals surface area (Å²) in [6.45, 7) is 0. The van der Waals surface area contributed by atoms with Crippen LogP contribution in [-0.2, 0) is 0 Å². The number of nitrogens with one attached hydrogen (secondary N) is 2. The van der Waals surface area contributed by atoms with Gasteiger partial charge in [-0.25, -0.2) is 0 Å². The molecule has 0 unspecified atom stereocenters. The molecule has 0 spiro atoms. The van der Waals surface area contributed by atoms with E-state index in [1.807, 2.05) is 36.5 Å². The van der Waals surface area contributed by atoms with Gasteiger partial charge < -0.3 is 4.98 Å². The largest absolute Gasteiger partial charge is 0.360 e. The molecule has 0 aliphatic heterocycles. The average molecular weight is 208 g/mol. The number of hydrogen-bond donors (Lipinski definition) is 2. The molecule has 3 aromatic rings. The number of nitriles is 1. The zero-order chi connectivity index (χ0) is 11.0. The van der Waals surface area contributed by atoms with Crippen molar-refractivity contribution in [1.82, 2.24) is 15.2 Å². The quantitative estimate of drug-likeness (QED) is 0.644. The molecule has 0 aliphatic carbocycles. The van der Waals surface area contributed by atoms with Crippen LogP contribution in [-0.4, -0.2) is 15.2 Å². The van der Waals surface area contributed by atoms with Gasteiger partial charge in [-0.05, 0) is 6.07 Å². The molecule has 0 amide bonds. The van der Waals surface area contributed by atoms with Crippen molar-refractivity contribution >= 4 is 10.9 Å². The molecule has 0 bridgehead atoms. The van der Waals surface area contributed by atoms with Crippen molar-refractivity contribution in [3.63, 3.8) is 0 Å². The maximum atomic E-state index is 8.72. The van der Waals surface area contributed by atoms with Crippen LogP contribution in [0.2, 0.25) is 0 Å². The Labute approximate surface area is 91.5 Å². The van der Waals surface area contributed by atoms with Crippen LogP contribution in [0.1, 0.15) is 5.69 Å². The fourth-order valence-corrected chi connectivity index (χ4v) is 1.81. The van der Waals surface area contributed by atoms with Gasteiger partial charge in [0.2, 0.25) is 0 Å². The highest BCUT2D eigenvalue weighted by Crippen LogP contribution is 2.26. The fourth-order valence-electron chi connectivity index (χ4n) is 1.81. The van der Waals surface area contributed by atoms with Crippen LogP contribution >= 0.6 is 0 Å². The number of rotatable bonds is 1. The van der Waals surface area contributed by atoms with E-state index < -0.39 is 0 Å². The summed E-state index contributed by atoms with van der Waals surface area (Å²) in [6.07, 6.45) is 1.92. The molecule has 1 aromatic carbocycles. The van der Waals surface area contributed by atoms with Crippen molar-refractivity contribution in [2.24, 2.45) is 0 Å². The van der Waals surface area contributed by atoms with Crippen LogP contribution in [0.25, 0.3) is 22.2 Å². The molecule has 2 heterocycles. The first kappa shape index (κ1) is 8.74. The van der Waals surface area contributed by atoms with Gasteiger partial charge >= 0.3 is 0 Å². The topological polar surface area (TPSA) is 68.3 Å². The van der Waals surface area contributed by atoms with Gasteiger partial charge in [0.1, 0.15) is 6.07 Å². The van der Waals surface area contributed by atoms with Crippen LogP contribution in [0.5, 0.6) is 0 Å². The molecule has 3 rings (SSSR count). The first-order valence-electron chi connectivity index (χ1n) is 4.90. The van der Waals surface area contributed by atoms with Gasteiger partial charge in [-0.1, -0.05) is 18.2 Å². The van der Waals surface area contributed by atoms with Crippen molar-refractivity contribution in [3.05, 3.63) is 42.2 Å². The number of fused-ring (bicyclic) bond motifs is 1. The third-order valence-electron chi connectivity index (χ3n) is 2.57. The number of H-pyrrole nitrogens is 2. The van der Waals surface area contributed by atoms with Gasteiger partial charge in [-0.3, -0.25) is 5.10 Å². The van der Waals surface area contributed by atoms with Crippen LogP contribution < -0.4 is 0 Å². The van der Waals surface area contributed by atoms with Crippen LogP contribution in [0.3, 0.4) is 0 Å². The fraction of sp³-hybridized carbons (Fsp3) is 0. The summed E-state index contributed by atoms with van der Waals surface area (Å²) < 4.78 is 0. The minimum atomic E-state index is 0.403. The number of hydrogen-bond acceptors (Lipinski definition) is 2. The van der Waals surface area contributed by atoms with Gasteiger partial charge in [0.25, 0.3) is 0 Å². The lowest BCUT2D eigenvalue weighted by molar-refractivity contribution is 1.08. The summed E-state index contributed by atoms with van der Waals surface area (Å²) in [5.41, 5.74) is 3.37. The molecule has 16 heavy (non-hydrogen) atoms. The summed E-state index contributed by atoms with van der Waals surface area (Å²) in [5.74, 6) is 0. The number of nitrogens with zero attached hydrogens (tertiary/aromatic N) is 2. The lowest BCUT2D eigenvalue weighted by Gasteiger charge is -1.93. The van der Waals surface area contributed by atoms with Crippen LogP contribution in [0.4, 0.5) is 0 Å². The Morgan fingerprint density at radius 2 is 2.12 bits per heavy atom. The minimum Gasteiger partial charge on any atom is -0.360 e. The van der Waals surface area contributed by atoms with E-state index in [2.05, 4.69) is 15.2 Å². The maximum Gasteiger partial charge on any atom is 0.162 e. The highest BCUT2D eigenvalue weighted by Gasteiger charge is 2.08. The van der Waals surface area contributed by atoms with Crippen molar-refractivity contribution in [1.29, 1.82) is 5.26 Å². The van der Waals surface area contributed by atoms with Gasteiger partial charge in [0.05, 0.1) is 5.69 Å². The van der Waals surface area contributed by atoms with Gasteiger partial charge in [0, 0.05) is 28.7 Å². The van der Waals surface area contributed by atoms with E-state index in [0.29, 0.717) is 5.69 Å². The Bertz CT molecular complexity index is 684. The molecular weight excluding hydrogens is 200 g/mol. The predicted octanol–water partition coefficient (Wildman–Crippen LogP) is 2.43. The van der Waals surface area contributed by atoms with Gasteiger partial charge in [-0.15, -0.1) is 0 Å². The number of benzene rings is 1. The number of aromatic nitrogens is 3. The summed E-state index contributed by atoms with van der Waals surface area (Å²) in [5, 5.41) is 16.6. The maximum absolute atomic E-state index is 8.72. The Kier molecular flexibility index (Phi) is 1.77. The standard InChI is InChI=1S/C12H8N4/c13-6-8-5-12(16-15-8)10-7-14-11-4-2-1-3-9(10)11/h1-5,7,14H,(H,15,16). The Morgan fingerprint density at radius 1 is 1.25 bits per heavy atom. The first-order valence-corrected chi connectivity index (χ1v) is 4.90. The van der Waals surface area contributed by atoms with Crippen molar-refractivity contribution in [2.45, 2.75) is 0 Å². The van der Waals surface area contributed by atoms with E-state index in [-0.39, 0.29) is 0 Å². The van der Waals surface area contributed by atoms with E-state index in [1.165, 1.54) is 0 Å². The third kappa shape index (κ3) is 1.19. The van der Waals surface area contributed by atoms with Gasteiger partial charge in [0.15, 0.2) is 5.69 Å². The molecule has 0 fully saturated rings. The van der Waals surface area contributed by atoms with Crippen molar-refractivity contribution in [2.75, 3.05) is 0 Å². The van der Waals surface area contributed by atoms with Gasteiger partial charge in [-0.2, -0.15) is 10.4 Å². The molecule has 0 atom stereocenters. The molecule has 0 saturated heterocycles. The van der Waals surface area contributed by atoms with Crippen molar-refractivity contribution in [3.8, 4) is 17.3 Å². The first-order chi connectivity index (χ1) is 7.88. The van der Waals surface area contributed by atoms with E-state index >= 15 is 0 Å². The summed E-state index contributed by atoms with van der Waals surface area (Å²) >= 11 is 0. The zero-order valence-corrected chi connectivity index (χ0v) is 8.36. The van der Waals surface area contributed by atoms with E-state index in [9.17, 15) is 0 Å². The molecule has 2 aromatic heterocycles. The Balaban J connectivity index is 2.23. The Hall–Kier alpha value is -2.54. The Morgan fingerprint density at radius 3 is 2.94 bits per heavy atom. The second-order valence-electron chi connectivity index (χ2n) is 3.53. The highest BCUT2D eigenvalue weighted by atomic mass is 15.1. The molecule has 76 valence electrons. The molecule has 2 N–H and O–H groups in total. The molecule has 4 heteroatoms. The molecule has 4 nitrogen and oxygen atoms in total. The highest BCUT2D eigenvalue weighted by molar-refractivity contribution is 5.94. The minimum absolute atomic E-state index is 0.403. The summed E-state index contributed by atoms with van der Waals surface area (Å²) in [4.78, 5) is 3.18. The van der Waals surface area contributed by atoms with Crippen LogP contribution in [0.15, 0.2) is 36.5 Å². The zero-order valence-electron chi connectivity index (χ0n) is 8.36. The van der Waals surface area contributed by atoms with Crippen molar-refractivity contribution < 1.29 is 0 Å². The molecule has 0 saturated carbocycles. The molecular formula is C12H8N4.